The molecule has 0 radical (unpaired) electrons. The molecule has 2 rings (SSSR count). The monoisotopic (exact) mass is 309 g/mol. The number of nitrogens with two attached hydrogens (primary N) is 1. The molecular weight excluding hydrogens is 290 g/mol. The van der Waals surface area contributed by atoms with E-state index < -0.39 is 0 Å². The van der Waals surface area contributed by atoms with Crippen LogP contribution in [0.3, 0.4) is 0 Å². The Hall–Kier alpha value is -2.92. The molecule has 23 heavy (non-hydrogen) atoms. The molecule has 2 aromatic rings. The number of nitrogens with one attached hydrogen (secondary N) is 2. The summed E-state index contributed by atoms with van der Waals surface area (Å²) >= 11 is 0. The normalized spacial score (nSPS) is 10.5. The molecule has 0 unspecified atom stereocenters. The van der Waals surface area contributed by atoms with Crippen LogP contribution in [0.4, 0.5) is 11.4 Å². The first kappa shape index (κ1) is 16.5. The van der Waals surface area contributed by atoms with Gasteiger partial charge in [-0.2, -0.15) is 0 Å². The van der Waals surface area contributed by atoms with Crippen molar-refractivity contribution in [1.82, 2.24) is 0 Å². The van der Waals surface area contributed by atoms with Gasteiger partial charge in [0.1, 0.15) is 0 Å². The molecule has 0 fully saturated rings. The van der Waals surface area contributed by atoms with Crippen LogP contribution in [0.15, 0.2) is 54.6 Å². The highest BCUT2D eigenvalue weighted by Crippen LogP contribution is 2.19. The van der Waals surface area contributed by atoms with Crippen molar-refractivity contribution in [2.45, 2.75) is 6.92 Å². The summed E-state index contributed by atoms with van der Waals surface area (Å²) in [5.74, 6) is -0.470. The van der Waals surface area contributed by atoms with Gasteiger partial charge in [-0.05, 0) is 42.3 Å². The Morgan fingerprint density at radius 1 is 1.09 bits per heavy atom. The summed E-state index contributed by atoms with van der Waals surface area (Å²) in [5, 5.41) is 5.48. The zero-order valence-corrected chi connectivity index (χ0v) is 12.9. The van der Waals surface area contributed by atoms with Gasteiger partial charge in [-0.25, -0.2) is 0 Å². The first-order chi connectivity index (χ1) is 11.1. The molecule has 118 valence electrons. The standard InChI is InChI=1S/C18H19N3O2/c1-13-11-15(20-18(23)12-19)8-9-16(13)21-17(22)10-7-14-5-3-2-4-6-14/h2-11H,12,19H2,1H3,(H,20,23)(H,21,22)/b10-7+. The van der Waals surface area contributed by atoms with E-state index in [1.807, 2.05) is 37.3 Å². The van der Waals surface area contributed by atoms with Crippen molar-refractivity contribution < 1.29 is 9.59 Å². The van der Waals surface area contributed by atoms with E-state index in [9.17, 15) is 9.59 Å². The fraction of sp³-hybridized carbons (Fsp3) is 0.111. The van der Waals surface area contributed by atoms with E-state index in [0.717, 1.165) is 11.1 Å². The first-order valence-electron chi connectivity index (χ1n) is 7.23. The molecular formula is C18H19N3O2. The smallest absolute Gasteiger partial charge is 0.248 e. The van der Waals surface area contributed by atoms with E-state index >= 15 is 0 Å². The second-order valence-corrected chi connectivity index (χ2v) is 5.02. The molecule has 0 heterocycles. The SMILES string of the molecule is Cc1cc(NC(=O)CN)ccc1NC(=O)/C=C/c1ccccc1. The summed E-state index contributed by atoms with van der Waals surface area (Å²) < 4.78 is 0. The predicted octanol–water partition coefficient (Wildman–Crippen LogP) is 2.54. The number of carbonyl (C=O) groups excluding carboxylic acids is 2. The lowest BCUT2D eigenvalue weighted by Gasteiger charge is -2.09. The average Bonchev–Trinajstić information content (AvgIpc) is 2.56. The van der Waals surface area contributed by atoms with Crippen molar-refractivity contribution in [3.63, 3.8) is 0 Å². The molecule has 5 nitrogen and oxygen atoms in total. The van der Waals surface area contributed by atoms with Crippen LogP contribution in [0.2, 0.25) is 0 Å². The maximum atomic E-state index is 12.0. The minimum absolute atomic E-state index is 0.0676. The molecule has 2 aromatic carbocycles. The van der Waals surface area contributed by atoms with Crippen molar-refractivity contribution in [1.29, 1.82) is 0 Å². The Balaban J connectivity index is 2.01. The fourth-order valence-corrected chi connectivity index (χ4v) is 2.00. The van der Waals surface area contributed by atoms with E-state index in [0.29, 0.717) is 11.4 Å². The molecule has 0 bridgehead atoms. The molecule has 0 atom stereocenters. The van der Waals surface area contributed by atoms with Crippen LogP contribution in [0.1, 0.15) is 11.1 Å². The van der Waals surface area contributed by atoms with Gasteiger partial charge in [-0.3, -0.25) is 9.59 Å². The second-order valence-electron chi connectivity index (χ2n) is 5.02. The van der Waals surface area contributed by atoms with Gasteiger partial charge >= 0.3 is 0 Å². The Bertz CT molecular complexity index is 724. The van der Waals surface area contributed by atoms with Gasteiger partial charge in [0.2, 0.25) is 11.8 Å². The summed E-state index contributed by atoms with van der Waals surface area (Å²) in [6, 6.07) is 14.8. The van der Waals surface area contributed by atoms with Gasteiger partial charge in [0.15, 0.2) is 0 Å². The van der Waals surface area contributed by atoms with Crippen molar-refractivity contribution in [2.24, 2.45) is 5.73 Å². The van der Waals surface area contributed by atoms with Crippen LogP contribution in [0, 0.1) is 6.92 Å². The minimum Gasteiger partial charge on any atom is -0.325 e. The second kappa shape index (κ2) is 7.91. The molecule has 5 heteroatoms. The summed E-state index contributed by atoms with van der Waals surface area (Å²) in [6.45, 7) is 1.79. The number of benzene rings is 2. The zero-order chi connectivity index (χ0) is 16.7. The Labute approximate surface area is 135 Å². The van der Waals surface area contributed by atoms with E-state index in [1.54, 1.807) is 24.3 Å². The Kier molecular flexibility index (Phi) is 5.66. The van der Waals surface area contributed by atoms with Crippen molar-refractivity contribution in [2.75, 3.05) is 17.2 Å². The van der Waals surface area contributed by atoms with Gasteiger partial charge in [-0.1, -0.05) is 30.3 Å². The predicted molar refractivity (Wildman–Crippen MR) is 93.0 cm³/mol. The van der Waals surface area contributed by atoms with Crippen LogP contribution in [-0.4, -0.2) is 18.4 Å². The number of carbonyl (C=O) groups is 2. The number of amides is 2. The fourth-order valence-electron chi connectivity index (χ4n) is 2.00. The molecule has 2 amide bonds. The highest BCUT2D eigenvalue weighted by Gasteiger charge is 2.05. The van der Waals surface area contributed by atoms with Gasteiger partial charge in [0.25, 0.3) is 0 Å². The summed E-state index contributed by atoms with van der Waals surface area (Å²) in [4.78, 5) is 23.2. The highest BCUT2D eigenvalue weighted by atomic mass is 16.2. The molecule has 0 aliphatic heterocycles. The van der Waals surface area contributed by atoms with Gasteiger partial charge < -0.3 is 16.4 Å². The zero-order valence-electron chi connectivity index (χ0n) is 12.9. The van der Waals surface area contributed by atoms with Gasteiger partial charge in [-0.15, -0.1) is 0 Å². The lowest BCUT2D eigenvalue weighted by molar-refractivity contribution is -0.115. The number of anilines is 2. The molecule has 0 aliphatic carbocycles. The quantitative estimate of drug-likeness (QED) is 0.742. The number of rotatable bonds is 5. The van der Waals surface area contributed by atoms with E-state index in [2.05, 4.69) is 10.6 Å². The Morgan fingerprint density at radius 3 is 2.48 bits per heavy atom. The van der Waals surface area contributed by atoms with Crippen molar-refractivity contribution >= 4 is 29.3 Å². The lowest BCUT2D eigenvalue weighted by atomic mass is 10.1. The van der Waals surface area contributed by atoms with Gasteiger partial charge in [0.05, 0.1) is 6.54 Å². The van der Waals surface area contributed by atoms with Crippen LogP contribution < -0.4 is 16.4 Å². The highest BCUT2D eigenvalue weighted by molar-refractivity contribution is 6.02. The third-order valence-corrected chi connectivity index (χ3v) is 3.18. The number of hydrogen-bond donors (Lipinski definition) is 3. The first-order valence-corrected chi connectivity index (χ1v) is 7.23. The van der Waals surface area contributed by atoms with Crippen molar-refractivity contribution in [3.05, 3.63) is 65.7 Å². The molecule has 0 saturated carbocycles. The maximum absolute atomic E-state index is 12.0. The molecule has 0 spiro atoms. The maximum Gasteiger partial charge on any atom is 0.248 e. The van der Waals surface area contributed by atoms with E-state index in [-0.39, 0.29) is 18.4 Å². The van der Waals surface area contributed by atoms with Gasteiger partial charge in [0, 0.05) is 17.5 Å². The number of aryl methyl sites for hydroxylation is 1. The van der Waals surface area contributed by atoms with Crippen LogP contribution in [-0.2, 0) is 9.59 Å². The lowest BCUT2D eigenvalue weighted by Crippen LogP contribution is -2.21. The third-order valence-electron chi connectivity index (χ3n) is 3.18. The molecule has 0 aromatic heterocycles. The minimum atomic E-state index is -0.257. The third kappa shape index (κ3) is 5.09. The summed E-state index contributed by atoms with van der Waals surface area (Å²) in [6.07, 6.45) is 3.24. The molecule has 0 aliphatic rings. The van der Waals surface area contributed by atoms with Crippen molar-refractivity contribution in [3.8, 4) is 0 Å². The van der Waals surface area contributed by atoms with Crippen LogP contribution in [0.5, 0.6) is 0 Å². The van der Waals surface area contributed by atoms with E-state index in [4.69, 9.17) is 5.73 Å². The largest absolute Gasteiger partial charge is 0.325 e. The average molecular weight is 309 g/mol. The molecule has 4 N–H and O–H groups in total. The van der Waals surface area contributed by atoms with Crippen LogP contribution in [0.25, 0.3) is 6.08 Å². The summed E-state index contributed by atoms with van der Waals surface area (Å²) in [7, 11) is 0. The van der Waals surface area contributed by atoms with E-state index in [1.165, 1.54) is 6.08 Å². The Morgan fingerprint density at radius 2 is 1.83 bits per heavy atom. The topological polar surface area (TPSA) is 84.2 Å². The van der Waals surface area contributed by atoms with Crippen LogP contribution >= 0.6 is 0 Å². The number of hydrogen-bond acceptors (Lipinski definition) is 3. The summed E-state index contributed by atoms with van der Waals surface area (Å²) in [5.41, 5.74) is 8.41. The molecule has 0 saturated heterocycles.